The number of hydrogen-bond acceptors (Lipinski definition) is 4. The largest absolute Gasteiger partial charge is 0.376 e. The second-order valence-corrected chi connectivity index (χ2v) is 6.34. The minimum Gasteiger partial charge on any atom is -0.376 e. The highest BCUT2D eigenvalue weighted by Crippen LogP contribution is 2.21. The topological polar surface area (TPSA) is 64.8 Å². The van der Waals surface area contributed by atoms with Crippen molar-refractivity contribution in [2.75, 3.05) is 26.3 Å². The van der Waals surface area contributed by atoms with Gasteiger partial charge in [0, 0.05) is 26.3 Å². The van der Waals surface area contributed by atoms with Crippen molar-refractivity contribution in [1.29, 1.82) is 0 Å². The number of amides is 1. The van der Waals surface area contributed by atoms with Crippen LogP contribution in [-0.2, 0) is 14.3 Å². The molecule has 0 aliphatic carbocycles. The van der Waals surface area contributed by atoms with Crippen LogP contribution in [0.3, 0.4) is 0 Å². The Morgan fingerprint density at radius 2 is 1.57 bits per heavy atom. The molecule has 2 N–H and O–H groups in total. The molecule has 0 aromatic rings. The first-order chi connectivity index (χ1) is 10.1. The van der Waals surface area contributed by atoms with Gasteiger partial charge in [0.05, 0.1) is 17.7 Å². The van der Waals surface area contributed by atoms with Crippen molar-refractivity contribution in [3.05, 3.63) is 0 Å². The zero-order valence-corrected chi connectivity index (χ0v) is 13.5. The van der Waals surface area contributed by atoms with E-state index in [1.165, 1.54) is 0 Å². The molecule has 122 valence electrons. The van der Waals surface area contributed by atoms with E-state index in [0.29, 0.717) is 25.9 Å². The Morgan fingerprint density at radius 1 is 1.10 bits per heavy atom. The first-order valence-corrected chi connectivity index (χ1v) is 8.40. The summed E-state index contributed by atoms with van der Waals surface area (Å²) in [5.74, 6) is 0.0542. The lowest BCUT2D eigenvalue weighted by Crippen LogP contribution is -2.57. The van der Waals surface area contributed by atoms with Crippen LogP contribution >= 0.6 is 0 Å². The molecule has 1 amide bonds. The first-order valence-electron chi connectivity index (χ1n) is 8.40. The standard InChI is InChI=1S/C16H30N2O3/c1-3-16(17,4-2)15(19)18(11-13-7-5-9-20-13)12-14-8-6-10-21-14/h13-14H,3-12,17H2,1-2H3. The molecular formula is C16H30N2O3. The molecule has 2 rings (SSSR count). The molecule has 0 radical (unpaired) electrons. The summed E-state index contributed by atoms with van der Waals surface area (Å²) in [6.07, 6.45) is 5.88. The number of carbonyl (C=O) groups is 1. The van der Waals surface area contributed by atoms with Gasteiger partial charge in [0.2, 0.25) is 5.91 Å². The van der Waals surface area contributed by atoms with Gasteiger partial charge in [-0.1, -0.05) is 13.8 Å². The summed E-state index contributed by atoms with van der Waals surface area (Å²) in [4.78, 5) is 14.8. The SMILES string of the molecule is CCC(N)(CC)C(=O)N(CC1CCCO1)CC1CCCO1. The number of rotatable bonds is 7. The smallest absolute Gasteiger partial charge is 0.242 e. The lowest BCUT2D eigenvalue weighted by Gasteiger charge is -2.35. The molecule has 2 heterocycles. The molecule has 0 spiro atoms. The fourth-order valence-electron chi connectivity index (χ4n) is 3.18. The molecule has 0 aromatic heterocycles. The number of hydrogen-bond donors (Lipinski definition) is 1. The van der Waals surface area contributed by atoms with E-state index in [1.54, 1.807) is 0 Å². The maximum Gasteiger partial charge on any atom is 0.242 e. The Labute approximate surface area is 128 Å². The van der Waals surface area contributed by atoms with Gasteiger partial charge in [-0.2, -0.15) is 0 Å². The van der Waals surface area contributed by atoms with E-state index in [9.17, 15) is 4.79 Å². The molecule has 2 aliphatic rings. The second-order valence-electron chi connectivity index (χ2n) is 6.34. The summed E-state index contributed by atoms with van der Waals surface area (Å²) >= 11 is 0. The highest BCUT2D eigenvalue weighted by atomic mass is 16.5. The summed E-state index contributed by atoms with van der Waals surface area (Å²) in [7, 11) is 0. The van der Waals surface area contributed by atoms with E-state index in [-0.39, 0.29) is 18.1 Å². The van der Waals surface area contributed by atoms with Crippen LogP contribution in [0.5, 0.6) is 0 Å². The molecule has 2 fully saturated rings. The predicted octanol–water partition coefficient (Wildman–Crippen LogP) is 1.69. The van der Waals surface area contributed by atoms with Gasteiger partial charge in [0.15, 0.2) is 0 Å². The van der Waals surface area contributed by atoms with Crippen molar-refractivity contribution in [2.24, 2.45) is 5.73 Å². The first kappa shape index (κ1) is 16.7. The van der Waals surface area contributed by atoms with E-state index in [1.807, 2.05) is 18.7 Å². The molecule has 0 bridgehead atoms. The number of carbonyl (C=O) groups excluding carboxylic acids is 1. The van der Waals surface area contributed by atoms with E-state index >= 15 is 0 Å². The van der Waals surface area contributed by atoms with Gasteiger partial charge >= 0.3 is 0 Å². The average Bonchev–Trinajstić information content (AvgIpc) is 3.18. The Hall–Kier alpha value is -0.650. The summed E-state index contributed by atoms with van der Waals surface area (Å²) in [6, 6.07) is 0. The number of ether oxygens (including phenoxy) is 2. The van der Waals surface area contributed by atoms with Crippen molar-refractivity contribution in [3.63, 3.8) is 0 Å². The van der Waals surface area contributed by atoms with Crippen molar-refractivity contribution < 1.29 is 14.3 Å². The summed E-state index contributed by atoms with van der Waals surface area (Å²) in [5.41, 5.74) is 5.56. The summed E-state index contributed by atoms with van der Waals surface area (Å²) < 4.78 is 11.4. The highest BCUT2D eigenvalue weighted by molar-refractivity contribution is 5.86. The fraction of sp³-hybridized carbons (Fsp3) is 0.938. The van der Waals surface area contributed by atoms with Crippen molar-refractivity contribution in [3.8, 4) is 0 Å². The van der Waals surface area contributed by atoms with Crippen molar-refractivity contribution in [2.45, 2.75) is 70.1 Å². The molecular weight excluding hydrogens is 268 g/mol. The maximum atomic E-state index is 12.9. The average molecular weight is 298 g/mol. The van der Waals surface area contributed by atoms with Crippen molar-refractivity contribution >= 4 is 5.91 Å². The third-order valence-electron chi connectivity index (χ3n) is 4.87. The third kappa shape index (κ3) is 4.18. The Balaban J connectivity index is 2.03. The van der Waals surface area contributed by atoms with Gasteiger partial charge in [-0.05, 0) is 38.5 Å². The lowest BCUT2D eigenvalue weighted by atomic mass is 9.92. The summed E-state index contributed by atoms with van der Waals surface area (Å²) in [6.45, 7) is 6.88. The number of nitrogens with zero attached hydrogens (tertiary/aromatic N) is 1. The Bertz CT molecular complexity index is 314. The molecule has 2 atom stereocenters. The molecule has 5 nitrogen and oxygen atoms in total. The lowest BCUT2D eigenvalue weighted by molar-refractivity contribution is -0.140. The van der Waals surface area contributed by atoms with Gasteiger partial charge in [-0.15, -0.1) is 0 Å². The van der Waals surface area contributed by atoms with Crippen LogP contribution in [0.25, 0.3) is 0 Å². The van der Waals surface area contributed by atoms with Crippen LogP contribution in [0.2, 0.25) is 0 Å². The third-order valence-corrected chi connectivity index (χ3v) is 4.87. The van der Waals surface area contributed by atoms with E-state index in [2.05, 4.69) is 0 Å². The minimum atomic E-state index is -0.753. The minimum absolute atomic E-state index is 0.0542. The zero-order chi connectivity index (χ0) is 15.3. The van der Waals surface area contributed by atoms with Gasteiger partial charge in [0.1, 0.15) is 0 Å². The van der Waals surface area contributed by atoms with Crippen molar-refractivity contribution in [1.82, 2.24) is 4.90 Å². The van der Waals surface area contributed by atoms with E-state index < -0.39 is 5.54 Å². The number of nitrogens with two attached hydrogens (primary N) is 1. The quantitative estimate of drug-likeness (QED) is 0.777. The van der Waals surface area contributed by atoms with Crippen LogP contribution in [0.4, 0.5) is 0 Å². The fourth-order valence-corrected chi connectivity index (χ4v) is 3.18. The van der Waals surface area contributed by atoms with Crippen LogP contribution in [0, 0.1) is 0 Å². The van der Waals surface area contributed by atoms with Gasteiger partial charge in [0.25, 0.3) is 0 Å². The summed E-state index contributed by atoms with van der Waals surface area (Å²) in [5, 5.41) is 0. The molecule has 21 heavy (non-hydrogen) atoms. The molecule has 2 unspecified atom stereocenters. The van der Waals surface area contributed by atoms with Crippen LogP contribution < -0.4 is 5.73 Å². The van der Waals surface area contributed by atoms with Crippen LogP contribution in [-0.4, -0.2) is 54.9 Å². The normalized spacial score (nSPS) is 26.2. The van der Waals surface area contributed by atoms with Crippen LogP contribution in [0.1, 0.15) is 52.4 Å². The second kappa shape index (κ2) is 7.56. The van der Waals surface area contributed by atoms with Gasteiger partial charge in [-0.3, -0.25) is 4.79 Å². The molecule has 5 heteroatoms. The van der Waals surface area contributed by atoms with Gasteiger partial charge < -0.3 is 20.1 Å². The van der Waals surface area contributed by atoms with E-state index in [4.69, 9.17) is 15.2 Å². The molecule has 2 saturated heterocycles. The maximum absolute atomic E-state index is 12.9. The van der Waals surface area contributed by atoms with E-state index in [0.717, 1.165) is 38.9 Å². The van der Waals surface area contributed by atoms with Crippen LogP contribution in [0.15, 0.2) is 0 Å². The predicted molar refractivity (Wildman–Crippen MR) is 82.0 cm³/mol. The Morgan fingerprint density at radius 3 is 1.90 bits per heavy atom. The molecule has 2 aliphatic heterocycles. The molecule has 0 aromatic carbocycles. The monoisotopic (exact) mass is 298 g/mol. The molecule has 0 saturated carbocycles. The Kier molecular flexibility index (Phi) is 6.02. The van der Waals surface area contributed by atoms with Gasteiger partial charge in [-0.25, -0.2) is 0 Å². The highest BCUT2D eigenvalue weighted by Gasteiger charge is 2.36. The zero-order valence-electron chi connectivity index (χ0n) is 13.5.